The molecule has 1 aromatic carbocycles. The number of anilines is 2. The zero-order valence-corrected chi connectivity index (χ0v) is 15.0. The maximum Gasteiger partial charge on any atom is 0.427 e. The van der Waals surface area contributed by atoms with E-state index in [9.17, 15) is 22.8 Å². The lowest BCUT2D eigenvalue weighted by molar-refractivity contribution is -0.178. The lowest BCUT2D eigenvalue weighted by atomic mass is 9.85. The van der Waals surface area contributed by atoms with Crippen LogP contribution in [0.4, 0.5) is 29.3 Å². The van der Waals surface area contributed by atoms with Crippen LogP contribution >= 0.6 is 0 Å². The van der Waals surface area contributed by atoms with Gasteiger partial charge in [-0.2, -0.15) is 18.3 Å². The number of nitrogens with zero attached hydrogens (tertiary/aromatic N) is 2. The number of nitrogen functional groups attached to an aromatic ring is 1. The number of nitrogens with one attached hydrogen (secondary N) is 2. The number of fused-ring (bicyclic) bond motifs is 1. The van der Waals surface area contributed by atoms with Gasteiger partial charge in [-0.25, -0.2) is 9.48 Å². The second-order valence-electron chi connectivity index (χ2n) is 7.00. The Hall–Kier alpha value is -3.48. The average molecular weight is 403 g/mol. The van der Waals surface area contributed by atoms with E-state index >= 15 is 0 Å². The summed E-state index contributed by atoms with van der Waals surface area (Å²) in [4.78, 5) is 24.1. The molecule has 1 atom stereocenters. The van der Waals surface area contributed by atoms with Crippen LogP contribution in [0.5, 0.6) is 0 Å². The van der Waals surface area contributed by atoms with Crippen LogP contribution in [-0.2, 0) is 12.1 Å². The minimum atomic E-state index is -4.82. The quantitative estimate of drug-likeness (QED) is 0.669. The number of carbonyl (C=O) groups excluding carboxylic acids is 1. The van der Waals surface area contributed by atoms with Crippen LogP contribution in [0.15, 0.2) is 35.3 Å². The van der Waals surface area contributed by atoms with Gasteiger partial charge in [-0.05, 0) is 30.5 Å². The van der Waals surface area contributed by atoms with Crippen molar-refractivity contribution in [1.82, 2.24) is 15.1 Å². The fourth-order valence-corrected chi connectivity index (χ4v) is 3.09. The van der Waals surface area contributed by atoms with E-state index in [-0.39, 0.29) is 29.4 Å². The molecule has 2 heterocycles. The first kappa shape index (κ1) is 18.9. The SMILES string of the molecule is Nc1ccnn(Cc2ccc3c(c2)NC(=O)NC3(C#CC2CC2)C(F)(F)F)c1=O. The van der Waals surface area contributed by atoms with E-state index in [1.807, 2.05) is 5.32 Å². The van der Waals surface area contributed by atoms with Crippen molar-refractivity contribution in [2.24, 2.45) is 5.92 Å². The fourth-order valence-electron chi connectivity index (χ4n) is 3.09. The predicted molar refractivity (Wildman–Crippen MR) is 98.8 cm³/mol. The minimum Gasteiger partial charge on any atom is -0.394 e. The predicted octanol–water partition coefficient (Wildman–Crippen LogP) is 2.18. The summed E-state index contributed by atoms with van der Waals surface area (Å²) in [5, 5.41) is 8.26. The summed E-state index contributed by atoms with van der Waals surface area (Å²) in [5.41, 5.74) is 2.51. The van der Waals surface area contributed by atoms with Gasteiger partial charge >= 0.3 is 12.2 Å². The first-order valence-electron chi connectivity index (χ1n) is 8.83. The highest BCUT2D eigenvalue weighted by Gasteiger charge is 2.59. The molecule has 10 heteroatoms. The molecular weight excluding hydrogens is 387 g/mol. The molecule has 4 rings (SSSR count). The first-order valence-corrected chi connectivity index (χ1v) is 8.83. The number of rotatable bonds is 2. The molecule has 1 saturated carbocycles. The van der Waals surface area contributed by atoms with E-state index in [1.165, 1.54) is 30.5 Å². The lowest BCUT2D eigenvalue weighted by Gasteiger charge is -2.37. The summed E-state index contributed by atoms with van der Waals surface area (Å²) in [6.07, 6.45) is -1.97. The molecule has 0 radical (unpaired) electrons. The van der Waals surface area contributed by atoms with Gasteiger partial charge in [0, 0.05) is 23.4 Å². The number of benzene rings is 1. The lowest BCUT2D eigenvalue weighted by Crippen LogP contribution is -2.59. The first-order chi connectivity index (χ1) is 13.7. The third kappa shape index (κ3) is 3.40. The highest BCUT2D eigenvalue weighted by atomic mass is 19.4. The molecule has 150 valence electrons. The average Bonchev–Trinajstić information content (AvgIpc) is 3.46. The van der Waals surface area contributed by atoms with Gasteiger partial charge in [0.2, 0.25) is 5.54 Å². The molecule has 7 nitrogen and oxygen atoms in total. The van der Waals surface area contributed by atoms with Gasteiger partial charge in [0.25, 0.3) is 5.56 Å². The van der Waals surface area contributed by atoms with Crippen molar-refractivity contribution in [2.75, 3.05) is 11.1 Å². The van der Waals surface area contributed by atoms with Crippen LogP contribution in [0.25, 0.3) is 0 Å². The zero-order chi connectivity index (χ0) is 20.8. The molecular formula is C19H16F3N5O2. The molecule has 1 fully saturated rings. The highest BCUT2D eigenvalue weighted by molar-refractivity contribution is 5.95. The fraction of sp³-hybridized carbons (Fsp3) is 0.316. The number of nitrogens with two attached hydrogens (primary N) is 1. The molecule has 1 aromatic heterocycles. The third-order valence-corrected chi connectivity index (χ3v) is 4.78. The number of halogens is 3. The van der Waals surface area contributed by atoms with E-state index in [2.05, 4.69) is 22.3 Å². The second kappa shape index (κ2) is 6.55. The smallest absolute Gasteiger partial charge is 0.394 e. The van der Waals surface area contributed by atoms with Gasteiger partial charge in [-0.3, -0.25) is 4.79 Å². The Labute approximate surface area is 163 Å². The molecule has 4 N–H and O–H groups in total. The van der Waals surface area contributed by atoms with Crippen LogP contribution in [0.1, 0.15) is 24.0 Å². The number of hydrogen-bond donors (Lipinski definition) is 3. The van der Waals surface area contributed by atoms with E-state index in [1.54, 1.807) is 0 Å². The van der Waals surface area contributed by atoms with E-state index in [0.29, 0.717) is 5.56 Å². The number of urea groups is 1. The van der Waals surface area contributed by atoms with Crippen LogP contribution in [0.2, 0.25) is 0 Å². The van der Waals surface area contributed by atoms with Crippen molar-refractivity contribution in [2.45, 2.75) is 31.1 Å². The van der Waals surface area contributed by atoms with Crippen LogP contribution in [-0.4, -0.2) is 22.0 Å². The molecule has 0 saturated heterocycles. The van der Waals surface area contributed by atoms with Crippen LogP contribution < -0.4 is 21.9 Å². The molecule has 2 aliphatic rings. The molecule has 1 aliphatic carbocycles. The maximum absolute atomic E-state index is 14.0. The molecule has 0 bridgehead atoms. The molecule has 1 unspecified atom stereocenters. The Balaban J connectivity index is 1.78. The van der Waals surface area contributed by atoms with Gasteiger partial charge < -0.3 is 16.4 Å². The molecule has 2 amide bonds. The number of alkyl halides is 3. The largest absolute Gasteiger partial charge is 0.427 e. The maximum atomic E-state index is 14.0. The molecule has 29 heavy (non-hydrogen) atoms. The number of carbonyl (C=O) groups is 1. The molecule has 1 aliphatic heterocycles. The standard InChI is InChI=1S/C19H16F3N5O2/c20-19(21,22)18(7-5-11-1-2-11)13-4-3-12(9-15(13)25-17(29)26-18)10-27-16(28)14(23)6-8-24-27/h3-4,6,8-9,11H,1-2,10,23H2,(H2,25,26,29). The van der Waals surface area contributed by atoms with Crippen molar-refractivity contribution in [1.29, 1.82) is 0 Å². The Kier molecular flexibility index (Phi) is 4.26. The van der Waals surface area contributed by atoms with Gasteiger partial charge in [0.15, 0.2) is 0 Å². The highest BCUT2D eigenvalue weighted by Crippen LogP contribution is 2.44. The summed E-state index contributed by atoms with van der Waals surface area (Å²) in [7, 11) is 0. The van der Waals surface area contributed by atoms with Crippen molar-refractivity contribution >= 4 is 17.4 Å². The van der Waals surface area contributed by atoms with Crippen molar-refractivity contribution in [3.63, 3.8) is 0 Å². The monoisotopic (exact) mass is 403 g/mol. The van der Waals surface area contributed by atoms with Gasteiger partial charge in [0.1, 0.15) is 5.69 Å². The van der Waals surface area contributed by atoms with Crippen LogP contribution in [0.3, 0.4) is 0 Å². The van der Waals surface area contributed by atoms with Gasteiger partial charge in [-0.1, -0.05) is 24.0 Å². The van der Waals surface area contributed by atoms with Crippen molar-refractivity contribution in [3.05, 3.63) is 51.9 Å². The number of amides is 2. The summed E-state index contributed by atoms with van der Waals surface area (Å²) < 4.78 is 43.2. The molecule has 2 aromatic rings. The topological polar surface area (TPSA) is 102 Å². The summed E-state index contributed by atoms with van der Waals surface area (Å²) in [6.45, 7) is -0.0206. The second-order valence-corrected chi connectivity index (χ2v) is 7.00. The van der Waals surface area contributed by atoms with E-state index < -0.39 is 23.3 Å². The third-order valence-electron chi connectivity index (χ3n) is 4.78. The van der Waals surface area contributed by atoms with Gasteiger partial charge in [0.05, 0.1) is 6.54 Å². The number of hydrogen-bond acceptors (Lipinski definition) is 4. The summed E-state index contributed by atoms with van der Waals surface area (Å²) in [6, 6.07) is 4.42. The normalized spacial score (nSPS) is 20.7. The van der Waals surface area contributed by atoms with Gasteiger partial charge in [-0.15, -0.1) is 0 Å². The van der Waals surface area contributed by atoms with Crippen molar-refractivity contribution < 1.29 is 18.0 Å². The Morgan fingerprint density at radius 2 is 2.03 bits per heavy atom. The summed E-state index contributed by atoms with van der Waals surface area (Å²) >= 11 is 0. The van der Waals surface area contributed by atoms with E-state index in [4.69, 9.17) is 5.73 Å². The van der Waals surface area contributed by atoms with Crippen LogP contribution in [0, 0.1) is 17.8 Å². The number of aromatic nitrogens is 2. The Morgan fingerprint density at radius 3 is 2.72 bits per heavy atom. The minimum absolute atomic E-state index is 0.00176. The molecule has 0 spiro atoms. The van der Waals surface area contributed by atoms with E-state index in [0.717, 1.165) is 17.5 Å². The zero-order valence-electron chi connectivity index (χ0n) is 15.0. The Bertz CT molecular complexity index is 1110. The Morgan fingerprint density at radius 1 is 1.28 bits per heavy atom. The van der Waals surface area contributed by atoms with Crippen molar-refractivity contribution in [3.8, 4) is 11.8 Å². The summed E-state index contributed by atoms with van der Waals surface area (Å²) in [5.74, 6) is 4.82.